The molecular weight excluding hydrogens is 236 g/mol. The third kappa shape index (κ3) is 4.60. The van der Waals surface area contributed by atoms with Gasteiger partial charge in [0, 0.05) is 18.3 Å². The van der Waals surface area contributed by atoms with Gasteiger partial charge in [-0.2, -0.15) is 11.8 Å². The lowest BCUT2D eigenvalue weighted by Gasteiger charge is -2.11. The van der Waals surface area contributed by atoms with Crippen LogP contribution in [0, 0.1) is 0 Å². The summed E-state index contributed by atoms with van der Waals surface area (Å²) >= 11 is 1.70. The molecule has 0 aliphatic heterocycles. The minimum atomic E-state index is -0.179. The lowest BCUT2D eigenvalue weighted by Crippen LogP contribution is -2.34. The van der Waals surface area contributed by atoms with E-state index in [1.807, 2.05) is 20.1 Å². The number of hydrogen-bond acceptors (Lipinski definition) is 5. The molecule has 1 rings (SSSR count). The Hall–Kier alpha value is -1.30. The van der Waals surface area contributed by atoms with Crippen molar-refractivity contribution in [3.05, 3.63) is 17.8 Å². The molecule has 1 atom stereocenters. The van der Waals surface area contributed by atoms with Gasteiger partial charge in [0.05, 0.1) is 0 Å². The first kappa shape index (κ1) is 13.8. The fourth-order valence-corrected chi connectivity index (χ4v) is 1.90. The van der Waals surface area contributed by atoms with E-state index in [-0.39, 0.29) is 11.9 Å². The number of carbonyl (C=O) groups excluding carboxylic acids is 1. The van der Waals surface area contributed by atoms with Crippen molar-refractivity contribution in [2.45, 2.75) is 19.9 Å². The number of nitrogens with one attached hydrogen (secondary N) is 2. The zero-order valence-electron chi connectivity index (χ0n) is 10.4. The van der Waals surface area contributed by atoms with Gasteiger partial charge in [-0.3, -0.25) is 4.79 Å². The molecule has 0 radical (unpaired) electrons. The Morgan fingerprint density at radius 1 is 1.47 bits per heavy atom. The monoisotopic (exact) mass is 254 g/mol. The zero-order valence-corrected chi connectivity index (χ0v) is 11.2. The molecule has 0 fully saturated rings. The molecular formula is C11H18N4OS. The van der Waals surface area contributed by atoms with Crippen molar-refractivity contribution in [3.8, 4) is 0 Å². The molecule has 94 valence electrons. The summed E-state index contributed by atoms with van der Waals surface area (Å²) < 4.78 is 0. The largest absolute Gasteiger partial charge is 0.369 e. The van der Waals surface area contributed by atoms with Gasteiger partial charge in [0.25, 0.3) is 5.91 Å². The van der Waals surface area contributed by atoms with Crippen LogP contribution in [0.25, 0.3) is 0 Å². The van der Waals surface area contributed by atoms with Crippen molar-refractivity contribution in [3.63, 3.8) is 0 Å². The van der Waals surface area contributed by atoms with Crippen LogP contribution in [0.15, 0.2) is 12.1 Å². The number of aromatic nitrogens is 2. The maximum Gasteiger partial charge on any atom is 0.272 e. The second-order valence-electron chi connectivity index (χ2n) is 3.66. The van der Waals surface area contributed by atoms with Gasteiger partial charge in [-0.15, -0.1) is 10.2 Å². The summed E-state index contributed by atoms with van der Waals surface area (Å²) in [5, 5.41) is 13.7. The number of rotatable bonds is 6. The van der Waals surface area contributed by atoms with Gasteiger partial charge >= 0.3 is 0 Å². The van der Waals surface area contributed by atoms with Crippen molar-refractivity contribution >= 4 is 23.5 Å². The van der Waals surface area contributed by atoms with Crippen LogP contribution < -0.4 is 10.6 Å². The Kier molecular flexibility index (Phi) is 5.76. The predicted octanol–water partition coefficient (Wildman–Crippen LogP) is 1.39. The van der Waals surface area contributed by atoms with Gasteiger partial charge in [-0.25, -0.2) is 0 Å². The summed E-state index contributed by atoms with van der Waals surface area (Å²) in [4.78, 5) is 11.8. The van der Waals surface area contributed by atoms with E-state index in [0.29, 0.717) is 11.5 Å². The van der Waals surface area contributed by atoms with Gasteiger partial charge in [0.1, 0.15) is 5.82 Å². The first-order valence-corrected chi connectivity index (χ1v) is 6.94. The van der Waals surface area contributed by atoms with Crippen LogP contribution in [0.1, 0.15) is 24.3 Å². The minimum Gasteiger partial charge on any atom is -0.369 e. The van der Waals surface area contributed by atoms with Crippen molar-refractivity contribution in [1.82, 2.24) is 15.5 Å². The molecule has 0 aliphatic rings. The summed E-state index contributed by atoms with van der Waals surface area (Å²) in [5.74, 6) is 1.39. The van der Waals surface area contributed by atoms with E-state index >= 15 is 0 Å². The fourth-order valence-electron chi connectivity index (χ4n) is 1.32. The molecule has 0 saturated heterocycles. The third-order valence-corrected chi connectivity index (χ3v) is 2.88. The lowest BCUT2D eigenvalue weighted by atomic mass is 10.3. The summed E-state index contributed by atoms with van der Waals surface area (Å²) in [5.41, 5.74) is 0.347. The molecule has 1 heterocycles. The van der Waals surface area contributed by atoms with Gasteiger partial charge in [0.2, 0.25) is 0 Å². The topological polar surface area (TPSA) is 66.9 Å². The lowest BCUT2D eigenvalue weighted by molar-refractivity contribution is 0.0938. The average molecular weight is 254 g/mol. The SMILES string of the molecule is CCNc1ccc(C(=O)NC(C)CSC)nn1. The molecule has 0 bridgehead atoms. The van der Waals surface area contributed by atoms with Crippen LogP contribution in [0.5, 0.6) is 0 Å². The van der Waals surface area contributed by atoms with Gasteiger partial charge < -0.3 is 10.6 Å². The van der Waals surface area contributed by atoms with Crippen molar-refractivity contribution in [1.29, 1.82) is 0 Å². The summed E-state index contributed by atoms with van der Waals surface area (Å²) in [6, 6.07) is 3.56. The van der Waals surface area contributed by atoms with Gasteiger partial charge in [-0.1, -0.05) is 0 Å². The first-order chi connectivity index (χ1) is 8.17. The highest BCUT2D eigenvalue weighted by Crippen LogP contribution is 2.02. The van der Waals surface area contributed by atoms with E-state index in [1.165, 1.54) is 0 Å². The fraction of sp³-hybridized carbons (Fsp3) is 0.545. The Morgan fingerprint density at radius 3 is 2.76 bits per heavy atom. The van der Waals surface area contributed by atoms with E-state index in [1.54, 1.807) is 23.9 Å². The van der Waals surface area contributed by atoms with Crippen LogP contribution in [0.2, 0.25) is 0 Å². The Bertz CT molecular complexity index is 355. The molecule has 0 saturated carbocycles. The molecule has 5 nitrogen and oxygen atoms in total. The number of thioether (sulfide) groups is 1. The highest BCUT2D eigenvalue weighted by Gasteiger charge is 2.11. The molecule has 17 heavy (non-hydrogen) atoms. The quantitative estimate of drug-likeness (QED) is 0.803. The number of hydrogen-bond donors (Lipinski definition) is 2. The van der Waals surface area contributed by atoms with Gasteiger partial charge in [-0.05, 0) is 32.2 Å². The third-order valence-electron chi connectivity index (χ3n) is 2.05. The second-order valence-corrected chi connectivity index (χ2v) is 4.57. The van der Waals surface area contributed by atoms with E-state index in [9.17, 15) is 4.79 Å². The van der Waals surface area contributed by atoms with Crippen LogP contribution in [0.4, 0.5) is 5.82 Å². The Morgan fingerprint density at radius 2 is 2.24 bits per heavy atom. The van der Waals surface area contributed by atoms with Crippen LogP contribution >= 0.6 is 11.8 Å². The summed E-state index contributed by atoms with van der Waals surface area (Å²) in [6.07, 6.45) is 2.01. The predicted molar refractivity (Wildman–Crippen MR) is 71.5 cm³/mol. The zero-order chi connectivity index (χ0) is 12.7. The second kappa shape index (κ2) is 7.11. The molecule has 0 spiro atoms. The smallest absolute Gasteiger partial charge is 0.272 e. The molecule has 1 aromatic heterocycles. The summed E-state index contributed by atoms with van der Waals surface area (Å²) in [6.45, 7) is 4.73. The summed E-state index contributed by atoms with van der Waals surface area (Å²) in [7, 11) is 0. The van der Waals surface area contributed by atoms with Crippen LogP contribution in [0.3, 0.4) is 0 Å². The molecule has 6 heteroatoms. The van der Waals surface area contributed by atoms with E-state index in [0.717, 1.165) is 12.3 Å². The van der Waals surface area contributed by atoms with Crippen molar-refractivity contribution in [2.24, 2.45) is 0 Å². The maximum absolute atomic E-state index is 11.8. The number of nitrogens with zero attached hydrogens (tertiary/aromatic N) is 2. The number of anilines is 1. The van der Waals surface area contributed by atoms with Crippen molar-refractivity contribution in [2.75, 3.05) is 23.9 Å². The molecule has 1 aromatic rings. The normalized spacial score (nSPS) is 11.9. The molecule has 1 amide bonds. The molecule has 0 aromatic carbocycles. The standard InChI is InChI=1S/C11H18N4OS/c1-4-12-10-6-5-9(14-15-10)11(16)13-8(2)7-17-3/h5-6,8H,4,7H2,1-3H3,(H,12,15)(H,13,16). The first-order valence-electron chi connectivity index (χ1n) is 5.54. The number of amides is 1. The number of carbonyl (C=O) groups is 1. The molecule has 0 aliphatic carbocycles. The molecule has 1 unspecified atom stereocenters. The average Bonchev–Trinajstić information content (AvgIpc) is 2.30. The Balaban J connectivity index is 2.57. The van der Waals surface area contributed by atoms with Crippen LogP contribution in [-0.4, -0.2) is 40.7 Å². The van der Waals surface area contributed by atoms with E-state index in [2.05, 4.69) is 20.8 Å². The molecule has 2 N–H and O–H groups in total. The highest BCUT2D eigenvalue weighted by atomic mass is 32.2. The Labute approximate surface area is 106 Å². The highest BCUT2D eigenvalue weighted by molar-refractivity contribution is 7.98. The van der Waals surface area contributed by atoms with E-state index in [4.69, 9.17) is 0 Å². The van der Waals surface area contributed by atoms with Crippen LogP contribution in [-0.2, 0) is 0 Å². The maximum atomic E-state index is 11.8. The van der Waals surface area contributed by atoms with E-state index < -0.39 is 0 Å². The van der Waals surface area contributed by atoms with Gasteiger partial charge in [0.15, 0.2) is 5.69 Å². The van der Waals surface area contributed by atoms with Crippen molar-refractivity contribution < 1.29 is 4.79 Å². The minimum absolute atomic E-state index is 0.132.